The molecular formula is Ca2ClNO2+2. The number of hydrogen-bond donors (Lipinski definition) is 0. The van der Waals surface area contributed by atoms with Crippen LogP contribution in [-0.2, 0) is 0 Å². The average Bonchev–Trinajstić information content (AvgIpc) is 0.918. The minimum Gasteiger partial charge on any atom is -1.00 e. The number of nitrogens with zero attached hydrogens (tertiary/aromatic N) is 1. The molecule has 0 aromatic rings. The van der Waals surface area contributed by atoms with E-state index in [0.29, 0.717) is 0 Å². The Hall–Kier alpha value is 2.21. The molecule has 0 aromatic carbocycles. The molecule has 0 spiro atoms. The first-order valence-corrected chi connectivity index (χ1v) is 0.365. The van der Waals surface area contributed by atoms with Crippen molar-refractivity contribution in [3.8, 4) is 0 Å². The molecule has 0 aliphatic rings. The largest absolute Gasteiger partial charge is 2.00 e. The van der Waals surface area contributed by atoms with Gasteiger partial charge in [-0.25, -0.2) is 0 Å². The Bertz CT molecular complexity index is 19.0. The van der Waals surface area contributed by atoms with Gasteiger partial charge in [0.05, 0.1) is 0 Å². The number of rotatable bonds is 0. The smallest absolute Gasteiger partial charge is 1.00 e. The Balaban J connectivity index is -0.00000000667. The molecule has 0 amide bonds. The van der Waals surface area contributed by atoms with Gasteiger partial charge < -0.3 is 22.5 Å². The second-order valence-corrected chi connectivity index (χ2v) is 0.0745. The van der Waals surface area contributed by atoms with E-state index in [1.165, 1.54) is 0 Å². The molecule has 0 unspecified atom stereocenters. The van der Waals surface area contributed by atoms with Gasteiger partial charge in [-0.3, -0.25) is 0 Å². The molecule has 0 heterocycles. The van der Waals surface area contributed by atoms with Crippen molar-refractivity contribution < 1.29 is 12.4 Å². The van der Waals surface area contributed by atoms with Crippen molar-refractivity contribution in [2.75, 3.05) is 0 Å². The van der Waals surface area contributed by atoms with E-state index in [9.17, 15) is 0 Å². The SMILES string of the molecule is O=N[O-].[Ca+2].[Ca+2].[Cl-]. The van der Waals surface area contributed by atoms with Crippen LogP contribution < -0.4 is 12.4 Å². The minimum atomic E-state index is 0. The van der Waals surface area contributed by atoms with Crippen molar-refractivity contribution in [3.05, 3.63) is 10.1 Å². The molecular weight excluding hydrogens is 162 g/mol. The molecule has 0 saturated heterocycles. The molecule has 26 valence electrons. The fourth-order valence-electron chi connectivity index (χ4n) is 0. The van der Waals surface area contributed by atoms with Crippen molar-refractivity contribution >= 4 is 75.5 Å². The van der Waals surface area contributed by atoms with Gasteiger partial charge in [-0.15, -0.1) is 5.34 Å². The third-order valence-electron chi connectivity index (χ3n) is 0. The van der Waals surface area contributed by atoms with Crippen LogP contribution in [0, 0.1) is 10.1 Å². The van der Waals surface area contributed by atoms with Gasteiger partial charge in [0.25, 0.3) is 0 Å². The van der Waals surface area contributed by atoms with E-state index < -0.39 is 0 Å². The van der Waals surface area contributed by atoms with Crippen molar-refractivity contribution in [2.24, 2.45) is 5.34 Å². The molecule has 0 N–H and O–H groups in total. The summed E-state index contributed by atoms with van der Waals surface area (Å²) in [5.41, 5.74) is 0. The van der Waals surface area contributed by atoms with Crippen LogP contribution >= 0.6 is 0 Å². The maximum absolute atomic E-state index is 8.00. The fourth-order valence-corrected chi connectivity index (χ4v) is 0. The third-order valence-corrected chi connectivity index (χ3v) is 0. The fraction of sp³-hybridized carbons (Fsp3) is 0. The van der Waals surface area contributed by atoms with Gasteiger partial charge >= 0.3 is 75.5 Å². The van der Waals surface area contributed by atoms with Gasteiger partial charge in [0.2, 0.25) is 0 Å². The zero-order valence-electron chi connectivity index (χ0n) is 3.06. The predicted molar refractivity (Wildman–Crippen MR) is 20.7 cm³/mol. The molecule has 0 aliphatic heterocycles. The van der Waals surface area contributed by atoms with Crippen molar-refractivity contribution in [3.63, 3.8) is 0 Å². The molecule has 6 heteroatoms. The Kier molecular flexibility index (Phi) is 108. The molecule has 0 aromatic heterocycles. The van der Waals surface area contributed by atoms with E-state index in [4.69, 9.17) is 10.1 Å². The van der Waals surface area contributed by atoms with E-state index >= 15 is 0 Å². The first-order chi connectivity index (χ1) is 1.41. The van der Waals surface area contributed by atoms with Gasteiger partial charge in [0.1, 0.15) is 0 Å². The second kappa shape index (κ2) is 27.0. The summed E-state index contributed by atoms with van der Waals surface area (Å²) in [5, 5.41) is 9.00. The van der Waals surface area contributed by atoms with Crippen molar-refractivity contribution in [2.45, 2.75) is 0 Å². The molecule has 3 nitrogen and oxygen atoms in total. The van der Waals surface area contributed by atoms with Gasteiger partial charge in [0.15, 0.2) is 0 Å². The van der Waals surface area contributed by atoms with Gasteiger partial charge in [-0.2, -0.15) is 0 Å². The van der Waals surface area contributed by atoms with Crippen molar-refractivity contribution in [1.29, 1.82) is 0 Å². The van der Waals surface area contributed by atoms with Crippen LogP contribution in [0.15, 0.2) is 5.34 Å². The van der Waals surface area contributed by atoms with Crippen LogP contribution in [0.5, 0.6) is 0 Å². The van der Waals surface area contributed by atoms with Crippen molar-refractivity contribution in [1.82, 2.24) is 0 Å². The molecule has 0 rings (SSSR count). The Morgan fingerprint density at radius 1 is 1.33 bits per heavy atom. The van der Waals surface area contributed by atoms with Crippen LogP contribution in [0.3, 0.4) is 0 Å². The topological polar surface area (TPSA) is 52.5 Å². The predicted octanol–water partition coefficient (Wildman–Crippen LogP) is -3.51. The van der Waals surface area contributed by atoms with Crippen LogP contribution in [0.1, 0.15) is 0 Å². The van der Waals surface area contributed by atoms with E-state index in [1.807, 2.05) is 0 Å². The summed E-state index contributed by atoms with van der Waals surface area (Å²) in [6.45, 7) is 0. The maximum atomic E-state index is 8.00. The number of halogens is 1. The van der Waals surface area contributed by atoms with Crippen LogP contribution in [0.25, 0.3) is 0 Å². The van der Waals surface area contributed by atoms with Gasteiger partial charge in [-0.05, 0) is 0 Å². The van der Waals surface area contributed by atoms with Crippen LogP contribution in [-0.4, -0.2) is 75.5 Å². The molecule has 0 saturated carbocycles. The van der Waals surface area contributed by atoms with Crippen LogP contribution in [0.2, 0.25) is 0 Å². The molecule has 0 radical (unpaired) electrons. The van der Waals surface area contributed by atoms with Gasteiger partial charge in [0, 0.05) is 0 Å². The summed E-state index contributed by atoms with van der Waals surface area (Å²) < 4.78 is 0. The zero-order chi connectivity index (χ0) is 2.71. The average molecular weight is 162 g/mol. The summed E-state index contributed by atoms with van der Waals surface area (Å²) in [6, 6.07) is 0. The standard InChI is InChI=1S/2Ca.ClH.HNO2/c;;;2-1-3/h;;1H;(H,2,3)/q2*+2;;/p-2. The first kappa shape index (κ1) is 24.1. The summed E-state index contributed by atoms with van der Waals surface area (Å²) in [5.74, 6) is 0. The molecule has 0 atom stereocenters. The Morgan fingerprint density at radius 3 is 1.33 bits per heavy atom. The normalized spacial score (nSPS) is 2.00. The summed E-state index contributed by atoms with van der Waals surface area (Å²) in [7, 11) is 0. The second-order valence-electron chi connectivity index (χ2n) is 0.0745. The van der Waals surface area contributed by atoms with Gasteiger partial charge in [-0.1, -0.05) is 0 Å². The van der Waals surface area contributed by atoms with E-state index in [2.05, 4.69) is 0 Å². The summed E-state index contributed by atoms with van der Waals surface area (Å²) in [4.78, 5) is 8.00. The molecule has 0 bridgehead atoms. The van der Waals surface area contributed by atoms with Crippen LogP contribution in [0.4, 0.5) is 0 Å². The minimum absolute atomic E-state index is 0. The summed E-state index contributed by atoms with van der Waals surface area (Å²) >= 11 is 0. The van der Waals surface area contributed by atoms with E-state index in [1.54, 1.807) is 0 Å². The Morgan fingerprint density at radius 2 is 1.33 bits per heavy atom. The monoisotopic (exact) mass is 161 g/mol. The summed E-state index contributed by atoms with van der Waals surface area (Å²) in [6.07, 6.45) is 0. The first-order valence-electron chi connectivity index (χ1n) is 0.365. The van der Waals surface area contributed by atoms with E-state index in [0.717, 1.165) is 5.34 Å². The third kappa shape index (κ3) is 34.5. The molecule has 0 aliphatic carbocycles. The zero-order valence-corrected chi connectivity index (χ0v) is 8.23. The maximum Gasteiger partial charge on any atom is 2.00 e. The van der Waals surface area contributed by atoms with E-state index in [-0.39, 0.29) is 87.9 Å². The quantitative estimate of drug-likeness (QED) is 0.210. The molecule has 6 heavy (non-hydrogen) atoms. The molecule has 0 fully saturated rings. The number of hydrogen-bond acceptors (Lipinski definition) is 3. The Labute approximate surface area is 101 Å².